The van der Waals surface area contributed by atoms with Crippen LogP contribution < -0.4 is 4.74 Å². The molecule has 1 N–H and O–H groups in total. The number of rotatable bonds is 10. The van der Waals surface area contributed by atoms with E-state index in [2.05, 4.69) is 35.0 Å². The maximum absolute atomic E-state index is 12.9. The Bertz CT molecular complexity index is 1010. The number of H-pyrrole nitrogens is 1. The van der Waals surface area contributed by atoms with Gasteiger partial charge in [0.2, 0.25) is 5.91 Å². The zero-order valence-corrected chi connectivity index (χ0v) is 19.2. The summed E-state index contributed by atoms with van der Waals surface area (Å²) in [6.45, 7) is 5.17. The number of amides is 1. The van der Waals surface area contributed by atoms with Crippen LogP contribution in [-0.2, 0) is 22.6 Å². The lowest BCUT2D eigenvalue weighted by Gasteiger charge is -2.38. The lowest BCUT2D eigenvalue weighted by atomic mass is 9.81. The van der Waals surface area contributed by atoms with Crippen molar-refractivity contribution in [3.8, 4) is 5.75 Å². The molecular weight excluding hydrogens is 400 g/mol. The van der Waals surface area contributed by atoms with Gasteiger partial charge in [-0.15, -0.1) is 0 Å². The largest absolute Gasteiger partial charge is 0.496 e. The van der Waals surface area contributed by atoms with Gasteiger partial charge in [0.15, 0.2) is 0 Å². The summed E-state index contributed by atoms with van der Waals surface area (Å²) in [6, 6.07) is 16.3. The van der Waals surface area contributed by atoms with Crippen molar-refractivity contribution < 1.29 is 14.3 Å². The Morgan fingerprint density at radius 3 is 2.72 bits per heavy atom. The number of benzene rings is 2. The minimum absolute atomic E-state index is 0.273. The van der Waals surface area contributed by atoms with E-state index in [1.807, 2.05) is 36.5 Å². The van der Waals surface area contributed by atoms with Crippen LogP contribution in [0, 0.1) is 11.8 Å². The quantitative estimate of drug-likeness (QED) is 0.446. The van der Waals surface area contributed by atoms with Crippen LogP contribution in [0.4, 0.5) is 0 Å². The number of piperidine rings is 1. The van der Waals surface area contributed by atoms with Gasteiger partial charge in [-0.25, -0.2) is 0 Å². The molecule has 1 saturated heterocycles. The molecule has 0 radical (unpaired) electrons. The second kappa shape index (κ2) is 10.7. The number of methoxy groups -OCH3 is 1. The van der Waals surface area contributed by atoms with Crippen molar-refractivity contribution >= 4 is 16.8 Å². The first kappa shape index (κ1) is 22.4. The lowest BCUT2D eigenvalue weighted by Crippen LogP contribution is -2.45. The van der Waals surface area contributed by atoms with Crippen molar-refractivity contribution in [2.75, 3.05) is 26.8 Å². The summed E-state index contributed by atoms with van der Waals surface area (Å²) in [5.41, 5.74) is 3.47. The Labute approximate surface area is 190 Å². The number of nitrogens with zero attached hydrogens (tertiary/aromatic N) is 1. The van der Waals surface area contributed by atoms with Crippen molar-refractivity contribution in [3.05, 3.63) is 65.9 Å². The Morgan fingerprint density at radius 2 is 1.94 bits per heavy atom. The van der Waals surface area contributed by atoms with E-state index < -0.39 is 0 Å². The van der Waals surface area contributed by atoms with Crippen molar-refractivity contribution in [1.29, 1.82) is 0 Å². The third kappa shape index (κ3) is 5.16. The topological polar surface area (TPSA) is 54.6 Å². The molecule has 2 atom stereocenters. The average molecular weight is 435 g/mol. The molecule has 0 saturated carbocycles. The number of nitrogens with one attached hydrogen (secondary N) is 1. The summed E-state index contributed by atoms with van der Waals surface area (Å²) < 4.78 is 11.4. The first-order valence-electron chi connectivity index (χ1n) is 11.7. The van der Waals surface area contributed by atoms with Crippen LogP contribution in [0.15, 0.2) is 54.7 Å². The molecule has 2 heterocycles. The number of fused-ring (bicyclic) bond motifs is 1. The SMILES string of the molecule is CC[C@@H]1CN(CCc2c[nH]c3cccc(OC)c23)C(=O)C[C@@H]1CCOCc1ccccc1. The average Bonchev–Trinajstić information content (AvgIpc) is 3.25. The van der Waals surface area contributed by atoms with E-state index >= 15 is 0 Å². The van der Waals surface area contributed by atoms with Gasteiger partial charge in [0.1, 0.15) is 5.75 Å². The van der Waals surface area contributed by atoms with Gasteiger partial charge in [0.05, 0.1) is 13.7 Å². The summed E-state index contributed by atoms with van der Waals surface area (Å²) in [5, 5.41) is 1.12. The molecule has 2 aromatic carbocycles. The van der Waals surface area contributed by atoms with Crippen LogP contribution in [0.1, 0.15) is 37.3 Å². The molecular formula is C27H34N2O3. The molecule has 170 valence electrons. The van der Waals surface area contributed by atoms with Gasteiger partial charge in [0, 0.05) is 43.2 Å². The van der Waals surface area contributed by atoms with Gasteiger partial charge < -0.3 is 19.4 Å². The van der Waals surface area contributed by atoms with Crippen LogP contribution in [-0.4, -0.2) is 42.6 Å². The molecule has 1 fully saturated rings. The number of hydrogen-bond acceptors (Lipinski definition) is 3. The van der Waals surface area contributed by atoms with Crippen LogP contribution in [0.3, 0.4) is 0 Å². The highest BCUT2D eigenvalue weighted by Gasteiger charge is 2.32. The summed E-state index contributed by atoms with van der Waals surface area (Å²) in [6.07, 6.45) is 5.54. The second-order valence-corrected chi connectivity index (χ2v) is 8.75. The number of likely N-dealkylation sites (tertiary alicyclic amines) is 1. The summed E-state index contributed by atoms with van der Waals surface area (Å²) in [5.74, 6) is 2.10. The number of aromatic nitrogens is 1. The Hall–Kier alpha value is -2.79. The zero-order chi connectivity index (χ0) is 22.3. The fraction of sp³-hybridized carbons (Fsp3) is 0.444. The highest BCUT2D eigenvalue weighted by atomic mass is 16.5. The Kier molecular flexibility index (Phi) is 7.48. The van der Waals surface area contributed by atoms with Gasteiger partial charge in [-0.2, -0.15) is 0 Å². The molecule has 5 heteroatoms. The minimum atomic E-state index is 0.273. The van der Waals surface area contributed by atoms with Gasteiger partial charge in [-0.3, -0.25) is 4.79 Å². The third-order valence-corrected chi connectivity index (χ3v) is 6.80. The predicted octanol–water partition coefficient (Wildman–Crippen LogP) is 5.20. The molecule has 4 rings (SSSR count). The van der Waals surface area contributed by atoms with Crippen molar-refractivity contribution in [3.63, 3.8) is 0 Å². The summed E-state index contributed by atoms with van der Waals surface area (Å²) in [4.78, 5) is 18.3. The van der Waals surface area contributed by atoms with E-state index in [9.17, 15) is 4.79 Å². The number of carbonyl (C=O) groups excluding carboxylic acids is 1. The van der Waals surface area contributed by atoms with E-state index in [4.69, 9.17) is 9.47 Å². The Morgan fingerprint density at radius 1 is 1.09 bits per heavy atom. The molecule has 1 aliphatic rings. The Balaban J connectivity index is 1.30. The number of hydrogen-bond donors (Lipinski definition) is 1. The molecule has 1 amide bonds. The van der Waals surface area contributed by atoms with Crippen molar-refractivity contribution in [1.82, 2.24) is 9.88 Å². The van der Waals surface area contributed by atoms with E-state index in [1.165, 1.54) is 11.1 Å². The summed E-state index contributed by atoms with van der Waals surface area (Å²) >= 11 is 0. The van der Waals surface area contributed by atoms with Gasteiger partial charge in [-0.05, 0) is 47.9 Å². The molecule has 0 aliphatic carbocycles. The maximum atomic E-state index is 12.9. The highest BCUT2D eigenvalue weighted by Crippen LogP contribution is 2.32. The molecule has 1 aromatic heterocycles. The van der Waals surface area contributed by atoms with Crippen LogP contribution in [0.2, 0.25) is 0 Å². The zero-order valence-electron chi connectivity index (χ0n) is 19.2. The lowest BCUT2D eigenvalue weighted by molar-refractivity contribution is -0.137. The van der Waals surface area contributed by atoms with Crippen molar-refractivity contribution in [2.45, 2.75) is 39.2 Å². The molecule has 1 aliphatic heterocycles. The van der Waals surface area contributed by atoms with E-state index in [0.717, 1.165) is 49.0 Å². The van der Waals surface area contributed by atoms with E-state index in [0.29, 0.717) is 31.5 Å². The molecule has 5 nitrogen and oxygen atoms in total. The van der Waals surface area contributed by atoms with Crippen LogP contribution >= 0.6 is 0 Å². The standard InChI is InChI=1S/C27H34N2O3/c1-3-21-18-29(14-12-23-17-28-24-10-7-11-25(31-2)27(23)24)26(30)16-22(21)13-15-32-19-20-8-5-4-6-9-20/h4-11,17,21-22,28H,3,12-16,18-19H2,1-2H3/t21-,22+/m1/s1. The molecule has 3 aromatic rings. The molecule has 0 spiro atoms. The van der Waals surface area contributed by atoms with Gasteiger partial charge in [-0.1, -0.05) is 49.7 Å². The molecule has 0 unspecified atom stereocenters. The monoisotopic (exact) mass is 434 g/mol. The molecule has 0 bridgehead atoms. The first-order chi connectivity index (χ1) is 15.7. The summed E-state index contributed by atoms with van der Waals surface area (Å²) in [7, 11) is 1.70. The van der Waals surface area contributed by atoms with Gasteiger partial charge in [0.25, 0.3) is 0 Å². The fourth-order valence-electron chi connectivity index (χ4n) is 4.91. The van der Waals surface area contributed by atoms with E-state index in [1.54, 1.807) is 7.11 Å². The number of carbonyl (C=O) groups is 1. The first-order valence-corrected chi connectivity index (χ1v) is 11.7. The molecule has 32 heavy (non-hydrogen) atoms. The third-order valence-electron chi connectivity index (χ3n) is 6.80. The number of ether oxygens (including phenoxy) is 2. The fourth-order valence-corrected chi connectivity index (χ4v) is 4.91. The second-order valence-electron chi connectivity index (χ2n) is 8.75. The maximum Gasteiger partial charge on any atom is 0.222 e. The number of aromatic amines is 1. The predicted molar refractivity (Wildman–Crippen MR) is 128 cm³/mol. The van der Waals surface area contributed by atoms with Crippen LogP contribution in [0.25, 0.3) is 10.9 Å². The minimum Gasteiger partial charge on any atom is -0.496 e. The normalized spacial score (nSPS) is 18.9. The van der Waals surface area contributed by atoms with Crippen LogP contribution in [0.5, 0.6) is 5.75 Å². The highest BCUT2D eigenvalue weighted by molar-refractivity contribution is 5.89. The van der Waals surface area contributed by atoms with Gasteiger partial charge >= 0.3 is 0 Å². The smallest absolute Gasteiger partial charge is 0.222 e. The van der Waals surface area contributed by atoms with Crippen molar-refractivity contribution in [2.24, 2.45) is 11.8 Å². The van der Waals surface area contributed by atoms with E-state index in [-0.39, 0.29) is 5.91 Å².